The van der Waals surface area contributed by atoms with Crippen LogP contribution in [0.5, 0.6) is 0 Å². The lowest BCUT2D eigenvalue weighted by atomic mass is 10.2. The highest BCUT2D eigenvalue weighted by Crippen LogP contribution is 2.29. The van der Waals surface area contributed by atoms with Crippen LogP contribution in [-0.2, 0) is 0 Å². The summed E-state index contributed by atoms with van der Waals surface area (Å²) in [6, 6.07) is 6.16. The number of nitrogens with one attached hydrogen (secondary N) is 1. The number of rotatable bonds is 2. The number of halogens is 4. The molecule has 3 nitrogen and oxygen atoms in total. The molecule has 16 heavy (non-hydrogen) atoms. The van der Waals surface area contributed by atoms with E-state index in [0.717, 1.165) is 0 Å². The quantitative estimate of drug-likeness (QED) is 0.652. The van der Waals surface area contributed by atoms with Crippen LogP contribution in [0.1, 0.15) is 10.4 Å². The molecule has 0 spiro atoms. The molecule has 2 N–H and O–H groups in total. The van der Waals surface area contributed by atoms with E-state index in [1.807, 2.05) is 0 Å². The molecule has 1 aromatic carbocycles. The standard InChI is InChI=1S/C9H7Cl4NO2/c10-6-3-1-2-5(4-6)7(15)14-8(16)9(11,12)13/h1-4,8,16H,(H,14,15). The van der Waals surface area contributed by atoms with Crippen LogP contribution in [0, 0.1) is 0 Å². The molecule has 1 amide bonds. The van der Waals surface area contributed by atoms with Gasteiger partial charge in [0.15, 0.2) is 6.23 Å². The molecule has 0 radical (unpaired) electrons. The fraction of sp³-hybridized carbons (Fsp3) is 0.222. The van der Waals surface area contributed by atoms with Crippen LogP contribution in [0.15, 0.2) is 24.3 Å². The zero-order chi connectivity index (χ0) is 12.3. The van der Waals surface area contributed by atoms with Crippen molar-refractivity contribution in [3.63, 3.8) is 0 Å². The molecule has 0 fully saturated rings. The van der Waals surface area contributed by atoms with Crippen molar-refractivity contribution in [2.24, 2.45) is 0 Å². The first-order valence-electron chi connectivity index (χ1n) is 4.12. The first-order chi connectivity index (χ1) is 7.30. The molecule has 0 saturated heterocycles. The van der Waals surface area contributed by atoms with Gasteiger partial charge in [-0.25, -0.2) is 0 Å². The Kier molecular flexibility index (Phi) is 4.71. The number of benzene rings is 1. The SMILES string of the molecule is O=C(NC(O)C(Cl)(Cl)Cl)c1cccc(Cl)c1. The summed E-state index contributed by atoms with van der Waals surface area (Å²) in [6.45, 7) is 0. The molecule has 0 saturated carbocycles. The number of alkyl halides is 3. The third-order valence-corrected chi connectivity index (χ3v) is 2.52. The van der Waals surface area contributed by atoms with Crippen molar-refractivity contribution in [3.8, 4) is 0 Å². The van der Waals surface area contributed by atoms with Crippen LogP contribution in [0.4, 0.5) is 0 Å². The van der Waals surface area contributed by atoms with Gasteiger partial charge in [0, 0.05) is 10.6 Å². The van der Waals surface area contributed by atoms with E-state index in [4.69, 9.17) is 46.4 Å². The molecular formula is C9H7Cl4NO2. The average Bonchev–Trinajstić information content (AvgIpc) is 2.16. The summed E-state index contributed by atoms with van der Waals surface area (Å²) >= 11 is 21.9. The van der Waals surface area contributed by atoms with Crippen LogP contribution in [0.2, 0.25) is 5.02 Å². The fourth-order valence-electron chi connectivity index (χ4n) is 0.919. The van der Waals surface area contributed by atoms with Gasteiger partial charge >= 0.3 is 0 Å². The summed E-state index contributed by atoms with van der Waals surface area (Å²) in [7, 11) is 0. The van der Waals surface area contributed by atoms with Gasteiger partial charge in [0.1, 0.15) is 0 Å². The normalized spacial score (nSPS) is 13.3. The molecule has 7 heteroatoms. The second kappa shape index (κ2) is 5.43. The molecule has 1 aromatic rings. The Morgan fingerprint density at radius 3 is 2.50 bits per heavy atom. The Morgan fingerprint density at radius 2 is 2.00 bits per heavy atom. The predicted molar refractivity (Wildman–Crippen MR) is 65.2 cm³/mol. The minimum absolute atomic E-state index is 0.265. The molecule has 0 aliphatic rings. The van der Waals surface area contributed by atoms with E-state index in [1.54, 1.807) is 12.1 Å². The van der Waals surface area contributed by atoms with Crippen molar-refractivity contribution in [3.05, 3.63) is 34.9 Å². The second-order valence-corrected chi connectivity index (χ2v) is 5.73. The summed E-state index contributed by atoms with van der Waals surface area (Å²) < 4.78 is -1.98. The van der Waals surface area contributed by atoms with Gasteiger partial charge < -0.3 is 10.4 Å². The van der Waals surface area contributed by atoms with E-state index in [2.05, 4.69) is 5.32 Å². The highest BCUT2D eigenvalue weighted by atomic mass is 35.6. The van der Waals surface area contributed by atoms with Crippen LogP contribution in [-0.4, -0.2) is 21.0 Å². The van der Waals surface area contributed by atoms with Gasteiger partial charge in [-0.1, -0.05) is 52.5 Å². The lowest BCUT2D eigenvalue weighted by Gasteiger charge is -2.19. The van der Waals surface area contributed by atoms with E-state index in [1.165, 1.54) is 12.1 Å². The molecule has 0 aliphatic heterocycles. The summed E-state index contributed by atoms with van der Waals surface area (Å²) in [4.78, 5) is 11.5. The van der Waals surface area contributed by atoms with E-state index in [-0.39, 0.29) is 5.56 Å². The maximum Gasteiger partial charge on any atom is 0.253 e. The number of carbonyl (C=O) groups excluding carboxylic acids is 1. The van der Waals surface area contributed by atoms with Gasteiger partial charge in [-0.05, 0) is 18.2 Å². The maximum atomic E-state index is 11.5. The number of carbonyl (C=O) groups is 1. The Balaban J connectivity index is 2.74. The van der Waals surface area contributed by atoms with Gasteiger partial charge in [0.25, 0.3) is 5.91 Å². The highest BCUT2D eigenvalue weighted by molar-refractivity contribution is 6.68. The van der Waals surface area contributed by atoms with Crippen LogP contribution in [0.25, 0.3) is 0 Å². The number of aliphatic hydroxyl groups is 1. The zero-order valence-corrected chi connectivity index (χ0v) is 10.8. The summed E-state index contributed by atoms with van der Waals surface area (Å²) in [5.74, 6) is -0.582. The lowest BCUT2D eigenvalue weighted by molar-refractivity contribution is 0.0792. The molecule has 0 heterocycles. The van der Waals surface area contributed by atoms with Crippen molar-refractivity contribution in [2.45, 2.75) is 10.0 Å². The topological polar surface area (TPSA) is 49.3 Å². The van der Waals surface area contributed by atoms with Crippen LogP contribution in [0.3, 0.4) is 0 Å². The Labute approximate surface area is 112 Å². The second-order valence-electron chi connectivity index (χ2n) is 2.93. The Morgan fingerprint density at radius 1 is 1.38 bits per heavy atom. The first kappa shape index (κ1) is 13.9. The summed E-state index contributed by atoms with van der Waals surface area (Å²) in [6.07, 6.45) is -1.59. The third-order valence-electron chi connectivity index (χ3n) is 1.66. The average molecular weight is 303 g/mol. The van der Waals surface area contributed by atoms with Crippen molar-refractivity contribution in [1.82, 2.24) is 5.32 Å². The van der Waals surface area contributed by atoms with E-state index in [9.17, 15) is 9.90 Å². The van der Waals surface area contributed by atoms with Crippen molar-refractivity contribution >= 4 is 52.3 Å². The maximum absolute atomic E-state index is 11.5. The van der Waals surface area contributed by atoms with Gasteiger partial charge in [-0.3, -0.25) is 4.79 Å². The van der Waals surface area contributed by atoms with Crippen molar-refractivity contribution in [2.75, 3.05) is 0 Å². The van der Waals surface area contributed by atoms with Crippen LogP contribution >= 0.6 is 46.4 Å². The smallest absolute Gasteiger partial charge is 0.253 e. The summed E-state index contributed by atoms with van der Waals surface area (Å²) in [5, 5.41) is 11.9. The number of hydrogen-bond acceptors (Lipinski definition) is 2. The van der Waals surface area contributed by atoms with Crippen molar-refractivity contribution in [1.29, 1.82) is 0 Å². The van der Waals surface area contributed by atoms with Gasteiger partial charge in [-0.2, -0.15) is 0 Å². The van der Waals surface area contributed by atoms with Gasteiger partial charge in [0.05, 0.1) is 0 Å². The number of aliphatic hydroxyl groups excluding tert-OH is 1. The predicted octanol–water partition coefficient (Wildman–Crippen LogP) is 2.76. The number of hydrogen-bond donors (Lipinski definition) is 2. The van der Waals surface area contributed by atoms with E-state index in [0.29, 0.717) is 5.02 Å². The highest BCUT2D eigenvalue weighted by Gasteiger charge is 2.32. The fourth-order valence-corrected chi connectivity index (χ4v) is 1.27. The lowest BCUT2D eigenvalue weighted by Crippen LogP contribution is -2.43. The molecule has 1 rings (SSSR count). The first-order valence-corrected chi connectivity index (χ1v) is 5.63. The molecule has 0 aromatic heterocycles. The molecule has 0 aliphatic carbocycles. The zero-order valence-electron chi connectivity index (χ0n) is 7.75. The van der Waals surface area contributed by atoms with Gasteiger partial charge in [0.2, 0.25) is 3.79 Å². The Bertz CT molecular complexity index is 391. The largest absolute Gasteiger partial charge is 0.369 e. The van der Waals surface area contributed by atoms with E-state index >= 15 is 0 Å². The molecule has 88 valence electrons. The number of amides is 1. The minimum atomic E-state index is -1.98. The minimum Gasteiger partial charge on any atom is -0.369 e. The molecular weight excluding hydrogens is 296 g/mol. The third kappa shape index (κ3) is 4.00. The Hall–Kier alpha value is -0.190. The molecule has 0 bridgehead atoms. The monoisotopic (exact) mass is 301 g/mol. The van der Waals surface area contributed by atoms with Crippen LogP contribution < -0.4 is 5.32 Å². The van der Waals surface area contributed by atoms with E-state index < -0.39 is 15.9 Å². The molecule has 1 atom stereocenters. The van der Waals surface area contributed by atoms with Crippen molar-refractivity contribution < 1.29 is 9.90 Å². The molecule has 1 unspecified atom stereocenters. The summed E-state index contributed by atoms with van der Waals surface area (Å²) in [5.41, 5.74) is 0.265. The van der Waals surface area contributed by atoms with Gasteiger partial charge in [-0.15, -0.1) is 0 Å².